The van der Waals surface area contributed by atoms with Crippen LogP contribution in [0.3, 0.4) is 0 Å². The summed E-state index contributed by atoms with van der Waals surface area (Å²) in [6.45, 7) is 7.31. The van der Waals surface area contributed by atoms with Gasteiger partial charge in [0.05, 0.1) is 0 Å². The van der Waals surface area contributed by atoms with Crippen molar-refractivity contribution in [2.75, 3.05) is 13.1 Å². The first-order valence-corrected chi connectivity index (χ1v) is 7.77. The summed E-state index contributed by atoms with van der Waals surface area (Å²) in [4.78, 5) is 25.6. The van der Waals surface area contributed by atoms with Crippen molar-refractivity contribution < 1.29 is 9.59 Å². The molecule has 116 valence electrons. The summed E-state index contributed by atoms with van der Waals surface area (Å²) in [5.74, 6) is 0.265. The molecule has 0 radical (unpaired) electrons. The first kappa shape index (κ1) is 17.0. The van der Waals surface area contributed by atoms with Gasteiger partial charge in [0.2, 0.25) is 11.8 Å². The van der Waals surface area contributed by atoms with Crippen LogP contribution in [0.15, 0.2) is 0 Å². The molecule has 20 heavy (non-hydrogen) atoms. The number of carbonyl (C=O) groups excluding carboxylic acids is 2. The van der Waals surface area contributed by atoms with Crippen molar-refractivity contribution >= 4 is 11.8 Å². The topological polar surface area (TPSA) is 75.4 Å². The number of amides is 2. The van der Waals surface area contributed by atoms with Gasteiger partial charge in [0, 0.05) is 37.5 Å². The lowest BCUT2D eigenvalue weighted by molar-refractivity contribution is -0.132. The summed E-state index contributed by atoms with van der Waals surface area (Å²) in [6.07, 6.45) is 4.03. The molecule has 0 saturated carbocycles. The minimum absolute atomic E-state index is 0.0155. The van der Waals surface area contributed by atoms with Gasteiger partial charge in [0.15, 0.2) is 0 Å². The maximum Gasteiger partial charge on any atom is 0.224 e. The number of piperidine rings is 1. The molecule has 3 N–H and O–H groups in total. The van der Waals surface area contributed by atoms with Gasteiger partial charge in [-0.25, -0.2) is 0 Å². The first-order chi connectivity index (χ1) is 9.43. The molecule has 1 heterocycles. The normalized spacial score (nSPS) is 18.1. The molecule has 5 nitrogen and oxygen atoms in total. The Morgan fingerprint density at radius 1 is 1.30 bits per heavy atom. The Labute approximate surface area is 122 Å². The predicted molar refractivity (Wildman–Crippen MR) is 80.1 cm³/mol. The molecule has 0 bridgehead atoms. The number of nitrogens with one attached hydrogen (secondary N) is 1. The van der Waals surface area contributed by atoms with Gasteiger partial charge in [-0.1, -0.05) is 27.2 Å². The minimum atomic E-state index is -0.0223. The van der Waals surface area contributed by atoms with Crippen molar-refractivity contribution in [1.29, 1.82) is 0 Å². The van der Waals surface area contributed by atoms with Crippen LogP contribution in [0.2, 0.25) is 0 Å². The molecule has 2 amide bonds. The summed E-state index contributed by atoms with van der Waals surface area (Å²) >= 11 is 0. The van der Waals surface area contributed by atoms with Crippen molar-refractivity contribution in [2.24, 2.45) is 11.7 Å². The molecular weight excluding hydrogens is 254 g/mol. The van der Waals surface area contributed by atoms with Crippen LogP contribution >= 0.6 is 0 Å². The van der Waals surface area contributed by atoms with Crippen LogP contribution in [0.25, 0.3) is 0 Å². The van der Waals surface area contributed by atoms with E-state index in [9.17, 15) is 9.59 Å². The quantitative estimate of drug-likeness (QED) is 0.770. The zero-order valence-corrected chi connectivity index (χ0v) is 13.0. The Kier molecular flexibility index (Phi) is 6.99. The summed E-state index contributed by atoms with van der Waals surface area (Å²) in [6, 6.07) is 0.184. The van der Waals surface area contributed by atoms with Gasteiger partial charge in [0.1, 0.15) is 0 Å². The van der Waals surface area contributed by atoms with Gasteiger partial charge in [-0.15, -0.1) is 0 Å². The van der Waals surface area contributed by atoms with E-state index in [1.54, 1.807) is 0 Å². The highest BCUT2D eigenvalue weighted by Gasteiger charge is 2.25. The van der Waals surface area contributed by atoms with E-state index in [1.165, 1.54) is 0 Å². The Balaban J connectivity index is 2.31. The third-order valence-electron chi connectivity index (χ3n) is 3.81. The summed E-state index contributed by atoms with van der Waals surface area (Å²) in [7, 11) is 0. The number of rotatable bonds is 6. The average molecular weight is 283 g/mol. The monoisotopic (exact) mass is 283 g/mol. The molecule has 5 heteroatoms. The van der Waals surface area contributed by atoms with Crippen LogP contribution in [0, 0.1) is 5.92 Å². The van der Waals surface area contributed by atoms with Gasteiger partial charge in [-0.3, -0.25) is 9.59 Å². The number of hydrogen-bond donors (Lipinski definition) is 2. The van der Waals surface area contributed by atoms with Crippen molar-refractivity contribution in [3.8, 4) is 0 Å². The number of likely N-dealkylation sites (tertiary alicyclic amines) is 1. The van der Waals surface area contributed by atoms with E-state index >= 15 is 0 Å². The molecule has 0 aromatic carbocycles. The molecule has 1 aliphatic rings. The zero-order valence-electron chi connectivity index (χ0n) is 13.0. The van der Waals surface area contributed by atoms with Gasteiger partial charge in [-0.2, -0.15) is 0 Å². The van der Waals surface area contributed by atoms with E-state index in [4.69, 9.17) is 5.73 Å². The molecule has 1 saturated heterocycles. The lowest BCUT2D eigenvalue weighted by Crippen LogP contribution is -2.48. The third kappa shape index (κ3) is 5.49. The molecule has 0 aromatic heterocycles. The van der Waals surface area contributed by atoms with E-state index in [0.717, 1.165) is 38.8 Å². The summed E-state index contributed by atoms with van der Waals surface area (Å²) < 4.78 is 0. The molecule has 1 fully saturated rings. The summed E-state index contributed by atoms with van der Waals surface area (Å²) in [5, 5.41) is 3.04. The molecule has 0 aliphatic carbocycles. The van der Waals surface area contributed by atoms with Crippen molar-refractivity contribution in [3.63, 3.8) is 0 Å². The predicted octanol–water partition coefficient (Wildman–Crippen LogP) is 1.27. The van der Waals surface area contributed by atoms with Crippen molar-refractivity contribution in [3.05, 3.63) is 0 Å². The SMILES string of the molecule is CCCC(N)CC(=O)N1CCC(NC(=O)C(C)C)CC1. The van der Waals surface area contributed by atoms with Crippen LogP contribution in [0.4, 0.5) is 0 Å². The Morgan fingerprint density at radius 3 is 2.40 bits per heavy atom. The molecule has 1 unspecified atom stereocenters. The fourth-order valence-electron chi connectivity index (χ4n) is 2.47. The van der Waals surface area contributed by atoms with Gasteiger partial charge < -0.3 is 16.0 Å². The second-order valence-corrected chi connectivity index (χ2v) is 6.07. The second-order valence-electron chi connectivity index (χ2n) is 6.07. The van der Waals surface area contributed by atoms with Crippen LogP contribution in [0.5, 0.6) is 0 Å². The van der Waals surface area contributed by atoms with Crippen molar-refractivity contribution in [2.45, 2.75) is 65.0 Å². The van der Waals surface area contributed by atoms with E-state index in [-0.39, 0.29) is 29.8 Å². The van der Waals surface area contributed by atoms with Crippen molar-refractivity contribution in [1.82, 2.24) is 10.2 Å². The maximum absolute atomic E-state index is 12.1. The maximum atomic E-state index is 12.1. The lowest BCUT2D eigenvalue weighted by Gasteiger charge is -2.33. The Bertz CT molecular complexity index is 323. The van der Waals surface area contributed by atoms with E-state index < -0.39 is 0 Å². The number of nitrogens with zero attached hydrogens (tertiary/aromatic N) is 1. The van der Waals surface area contributed by atoms with E-state index in [0.29, 0.717) is 6.42 Å². The third-order valence-corrected chi connectivity index (χ3v) is 3.81. The minimum Gasteiger partial charge on any atom is -0.353 e. The highest BCUT2D eigenvalue weighted by Crippen LogP contribution is 2.13. The molecular formula is C15H29N3O2. The second kappa shape index (κ2) is 8.25. The van der Waals surface area contributed by atoms with Crippen LogP contribution < -0.4 is 11.1 Å². The van der Waals surface area contributed by atoms with E-state index in [1.807, 2.05) is 18.7 Å². The number of nitrogens with two attached hydrogens (primary N) is 1. The molecule has 1 rings (SSSR count). The van der Waals surface area contributed by atoms with Gasteiger partial charge >= 0.3 is 0 Å². The van der Waals surface area contributed by atoms with Crippen LogP contribution in [-0.4, -0.2) is 41.9 Å². The summed E-state index contributed by atoms with van der Waals surface area (Å²) in [5.41, 5.74) is 5.91. The highest BCUT2D eigenvalue weighted by atomic mass is 16.2. The van der Waals surface area contributed by atoms with Gasteiger partial charge in [-0.05, 0) is 19.3 Å². The highest BCUT2D eigenvalue weighted by molar-refractivity contribution is 5.78. The fraction of sp³-hybridized carbons (Fsp3) is 0.867. The molecule has 0 aromatic rings. The smallest absolute Gasteiger partial charge is 0.224 e. The average Bonchev–Trinajstić information content (AvgIpc) is 2.39. The molecule has 1 atom stereocenters. The standard InChI is InChI=1S/C15H29N3O2/c1-4-5-12(16)10-14(19)18-8-6-13(7-9-18)17-15(20)11(2)3/h11-13H,4-10,16H2,1-3H3,(H,17,20). The number of hydrogen-bond acceptors (Lipinski definition) is 3. The molecule has 1 aliphatic heterocycles. The Morgan fingerprint density at radius 2 is 1.90 bits per heavy atom. The first-order valence-electron chi connectivity index (χ1n) is 7.77. The zero-order chi connectivity index (χ0) is 15.1. The lowest BCUT2D eigenvalue weighted by atomic mass is 10.0. The van der Waals surface area contributed by atoms with E-state index in [2.05, 4.69) is 12.2 Å². The largest absolute Gasteiger partial charge is 0.353 e. The number of carbonyl (C=O) groups is 2. The Hall–Kier alpha value is -1.10. The van der Waals surface area contributed by atoms with Crippen LogP contribution in [-0.2, 0) is 9.59 Å². The molecule has 0 spiro atoms. The van der Waals surface area contributed by atoms with Crippen LogP contribution in [0.1, 0.15) is 52.9 Å². The van der Waals surface area contributed by atoms with Gasteiger partial charge in [0.25, 0.3) is 0 Å². The fourth-order valence-corrected chi connectivity index (χ4v) is 2.47.